The number of rotatable bonds is 77. The Labute approximate surface area is 607 Å². The molecular weight excluding hydrogens is 1290 g/mol. The molecule has 588 valence electrons. The van der Waals surface area contributed by atoms with Gasteiger partial charge in [-0.3, -0.25) is 37.3 Å². The Bertz CT molecular complexity index is 1940. The second-order valence-corrected chi connectivity index (χ2v) is 33.4. The van der Waals surface area contributed by atoms with Crippen LogP contribution in [0.4, 0.5) is 0 Å². The molecule has 19 heteroatoms. The molecule has 0 bridgehead atoms. The van der Waals surface area contributed by atoms with E-state index in [1.165, 1.54) is 205 Å². The van der Waals surface area contributed by atoms with E-state index in [0.717, 1.165) is 114 Å². The van der Waals surface area contributed by atoms with E-state index in [2.05, 4.69) is 55.4 Å². The molecule has 3 N–H and O–H groups in total. The molecule has 0 spiro atoms. The molecule has 0 rings (SSSR count). The molecule has 0 heterocycles. The SMILES string of the molecule is CCC(C)CCCCCCCCC(=O)OC[C@H](COP(=O)(O)OC[C@H](O)COP(=O)(O)OC[C@@H](COC(=O)CCCCCCCCCCCCCCCCCC(C)C)OC(=O)CCCCCCCCCC(C)C)OC(=O)CCCCCCCCCCCCCCCCCCCCC(C)C. The third-order valence-electron chi connectivity index (χ3n) is 18.9. The molecule has 6 atom stereocenters. The minimum Gasteiger partial charge on any atom is -0.462 e. The van der Waals surface area contributed by atoms with Crippen LogP contribution in [0.15, 0.2) is 0 Å². The fourth-order valence-corrected chi connectivity index (χ4v) is 13.8. The molecule has 0 saturated carbocycles. The highest BCUT2D eigenvalue weighted by atomic mass is 31.2. The van der Waals surface area contributed by atoms with Gasteiger partial charge < -0.3 is 33.8 Å². The van der Waals surface area contributed by atoms with E-state index in [4.69, 9.17) is 37.0 Å². The first-order valence-corrected chi connectivity index (χ1v) is 44.2. The summed E-state index contributed by atoms with van der Waals surface area (Å²) in [4.78, 5) is 72.9. The zero-order valence-corrected chi connectivity index (χ0v) is 66.9. The molecule has 0 aromatic heterocycles. The zero-order chi connectivity index (χ0) is 73.1. The average Bonchev–Trinajstić information content (AvgIpc) is 0.980. The Morgan fingerprint density at radius 1 is 0.283 bits per heavy atom. The summed E-state index contributed by atoms with van der Waals surface area (Å²) in [6, 6.07) is 0. The van der Waals surface area contributed by atoms with Crippen molar-refractivity contribution in [1.29, 1.82) is 0 Å². The van der Waals surface area contributed by atoms with Crippen LogP contribution < -0.4 is 0 Å². The smallest absolute Gasteiger partial charge is 0.462 e. The molecular formula is C80H156O17P2. The van der Waals surface area contributed by atoms with Gasteiger partial charge in [0.1, 0.15) is 19.3 Å². The number of carbonyl (C=O) groups is 4. The van der Waals surface area contributed by atoms with Crippen molar-refractivity contribution in [3.8, 4) is 0 Å². The largest absolute Gasteiger partial charge is 0.472 e. The van der Waals surface area contributed by atoms with Crippen molar-refractivity contribution in [2.75, 3.05) is 39.6 Å². The Balaban J connectivity index is 5.15. The van der Waals surface area contributed by atoms with Crippen molar-refractivity contribution < 1.29 is 80.2 Å². The predicted molar refractivity (Wildman–Crippen MR) is 404 cm³/mol. The predicted octanol–water partition coefficient (Wildman–Crippen LogP) is 23.6. The number of hydrogen-bond acceptors (Lipinski definition) is 15. The number of aliphatic hydroxyl groups is 1. The maximum atomic E-state index is 13.1. The fraction of sp³-hybridized carbons (Fsp3) is 0.950. The molecule has 0 aliphatic heterocycles. The standard InChI is InChI=1S/C80H156O17P2/c1-9-73(8)59-51-43-38-39-45-53-61-78(83)91-67-76(96-79(84)62-54-46-36-30-26-22-17-13-11-10-12-15-19-23-27-32-40-48-56-70(2)3)69-95-99(88,89)93-65-74(81)64-92-98(86,87)94-68-75(97-80(85)63-55-47-37-31-34-42-50-58-72(6)7)66-90-77(82)60-52-44-35-29-25-21-18-14-16-20-24-28-33-41-49-57-71(4)5/h70-76,81H,9-69H2,1-8H3,(H,86,87)(H,88,89)/t73?,74-,75-,76-/m1/s1. The lowest BCUT2D eigenvalue weighted by Crippen LogP contribution is -2.30. The molecule has 0 aliphatic rings. The summed E-state index contributed by atoms with van der Waals surface area (Å²) in [5.41, 5.74) is 0. The van der Waals surface area contributed by atoms with E-state index >= 15 is 0 Å². The topological polar surface area (TPSA) is 237 Å². The van der Waals surface area contributed by atoms with Gasteiger partial charge in [0.15, 0.2) is 12.2 Å². The van der Waals surface area contributed by atoms with E-state index < -0.39 is 97.5 Å². The highest BCUT2D eigenvalue weighted by Gasteiger charge is 2.30. The lowest BCUT2D eigenvalue weighted by molar-refractivity contribution is -0.161. The van der Waals surface area contributed by atoms with Crippen LogP contribution in [0.5, 0.6) is 0 Å². The highest BCUT2D eigenvalue weighted by molar-refractivity contribution is 7.47. The maximum absolute atomic E-state index is 13.1. The van der Waals surface area contributed by atoms with Gasteiger partial charge >= 0.3 is 39.5 Å². The van der Waals surface area contributed by atoms with Gasteiger partial charge in [0.25, 0.3) is 0 Å². The Hall–Kier alpha value is -1.94. The minimum absolute atomic E-state index is 0.103. The number of unbranched alkanes of at least 4 members (excludes halogenated alkanes) is 42. The molecule has 0 aromatic carbocycles. The van der Waals surface area contributed by atoms with Crippen LogP contribution in [-0.4, -0.2) is 96.7 Å². The maximum Gasteiger partial charge on any atom is 0.472 e. The summed E-state index contributed by atoms with van der Waals surface area (Å²) in [5.74, 6) is 0.933. The summed E-state index contributed by atoms with van der Waals surface area (Å²) in [7, 11) is -9.92. The van der Waals surface area contributed by atoms with Gasteiger partial charge in [0, 0.05) is 25.7 Å². The average molecular weight is 1450 g/mol. The van der Waals surface area contributed by atoms with Crippen molar-refractivity contribution in [3.63, 3.8) is 0 Å². The second kappa shape index (κ2) is 69.1. The number of esters is 4. The van der Waals surface area contributed by atoms with Gasteiger partial charge in [0.2, 0.25) is 0 Å². The second-order valence-electron chi connectivity index (χ2n) is 30.5. The number of ether oxygens (including phenoxy) is 4. The van der Waals surface area contributed by atoms with Crippen LogP contribution in [0.3, 0.4) is 0 Å². The number of phosphoric acid groups is 2. The van der Waals surface area contributed by atoms with Gasteiger partial charge in [-0.15, -0.1) is 0 Å². The molecule has 3 unspecified atom stereocenters. The van der Waals surface area contributed by atoms with Crippen LogP contribution in [0.2, 0.25) is 0 Å². The third-order valence-corrected chi connectivity index (χ3v) is 20.8. The van der Waals surface area contributed by atoms with Gasteiger partial charge in [-0.25, -0.2) is 9.13 Å². The quantitative estimate of drug-likeness (QED) is 0.0222. The third kappa shape index (κ3) is 72.8. The number of carbonyl (C=O) groups excluding carboxylic acids is 4. The van der Waals surface area contributed by atoms with Crippen LogP contribution >= 0.6 is 15.6 Å². The fourth-order valence-electron chi connectivity index (χ4n) is 12.2. The van der Waals surface area contributed by atoms with Gasteiger partial charge in [-0.2, -0.15) is 0 Å². The Morgan fingerprint density at radius 3 is 0.717 bits per heavy atom. The first kappa shape index (κ1) is 97.1. The molecule has 0 aliphatic carbocycles. The molecule has 0 amide bonds. The van der Waals surface area contributed by atoms with E-state index in [1.54, 1.807) is 0 Å². The Morgan fingerprint density at radius 2 is 0.485 bits per heavy atom. The normalized spacial score (nSPS) is 14.3. The summed E-state index contributed by atoms with van der Waals surface area (Å²) < 4.78 is 68.6. The van der Waals surface area contributed by atoms with E-state index in [-0.39, 0.29) is 25.7 Å². The van der Waals surface area contributed by atoms with E-state index in [1.807, 2.05) is 0 Å². The molecule has 0 saturated heterocycles. The van der Waals surface area contributed by atoms with Crippen LogP contribution in [-0.2, 0) is 65.4 Å². The van der Waals surface area contributed by atoms with Gasteiger partial charge in [-0.05, 0) is 49.4 Å². The molecule has 99 heavy (non-hydrogen) atoms. The summed E-state index contributed by atoms with van der Waals surface area (Å²) in [5, 5.41) is 10.6. The lowest BCUT2D eigenvalue weighted by Gasteiger charge is -2.21. The summed E-state index contributed by atoms with van der Waals surface area (Å²) in [6.45, 7) is 14.2. The van der Waals surface area contributed by atoms with E-state index in [9.17, 15) is 43.2 Å². The molecule has 17 nitrogen and oxygen atoms in total. The summed E-state index contributed by atoms with van der Waals surface area (Å²) in [6.07, 6.45) is 55.8. The zero-order valence-electron chi connectivity index (χ0n) is 65.1. The number of aliphatic hydroxyl groups excluding tert-OH is 1. The lowest BCUT2D eigenvalue weighted by atomic mass is 10.00. The number of phosphoric ester groups is 2. The van der Waals surface area contributed by atoms with Crippen LogP contribution in [0.25, 0.3) is 0 Å². The minimum atomic E-state index is -4.96. The highest BCUT2D eigenvalue weighted by Crippen LogP contribution is 2.45. The molecule has 0 radical (unpaired) electrons. The monoisotopic (exact) mass is 1450 g/mol. The van der Waals surface area contributed by atoms with Gasteiger partial charge in [-0.1, -0.05) is 357 Å². The van der Waals surface area contributed by atoms with E-state index in [0.29, 0.717) is 31.6 Å². The summed E-state index contributed by atoms with van der Waals surface area (Å²) >= 11 is 0. The van der Waals surface area contributed by atoms with Crippen molar-refractivity contribution >= 4 is 39.5 Å². The van der Waals surface area contributed by atoms with Crippen molar-refractivity contribution in [2.24, 2.45) is 23.7 Å². The molecule has 0 aromatic rings. The van der Waals surface area contributed by atoms with Crippen molar-refractivity contribution in [2.45, 2.75) is 427 Å². The van der Waals surface area contributed by atoms with Crippen molar-refractivity contribution in [1.82, 2.24) is 0 Å². The first-order valence-electron chi connectivity index (χ1n) is 41.2. The first-order chi connectivity index (χ1) is 47.6. The van der Waals surface area contributed by atoms with Crippen LogP contribution in [0, 0.1) is 23.7 Å². The Kier molecular flexibility index (Phi) is 67.8. The van der Waals surface area contributed by atoms with Crippen molar-refractivity contribution in [3.05, 3.63) is 0 Å². The van der Waals surface area contributed by atoms with Gasteiger partial charge in [0.05, 0.1) is 26.4 Å². The molecule has 0 fully saturated rings. The number of hydrogen-bond donors (Lipinski definition) is 3. The van der Waals surface area contributed by atoms with Crippen LogP contribution in [0.1, 0.15) is 409 Å².